The quantitative estimate of drug-likeness (QED) is 0.828. The van der Waals surface area contributed by atoms with Crippen LogP contribution in [0.5, 0.6) is 0 Å². The molecule has 7 nitrogen and oxygen atoms in total. The van der Waals surface area contributed by atoms with Gasteiger partial charge in [-0.3, -0.25) is 9.59 Å². The minimum absolute atomic E-state index is 0.0431. The Morgan fingerprint density at radius 1 is 1.34 bits per heavy atom. The Morgan fingerprint density at radius 3 is 2.69 bits per heavy atom. The molecule has 3 aliphatic heterocycles. The number of aryl methyl sites for hydroxylation is 1. The number of rotatable bonds is 4. The second kappa shape index (κ2) is 7.91. The van der Waals surface area contributed by atoms with Gasteiger partial charge in [0, 0.05) is 44.7 Å². The van der Waals surface area contributed by atoms with Crippen LogP contribution in [-0.2, 0) is 9.59 Å². The summed E-state index contributed by atoms with van der Waals surface area (Å²) in [6.45, 7) is 6.12. The zero-order valence-corrected chi connectivity index (χ0v) is 17.0. The minimum atomic E-state index is -2.46. The number of likely N-dealkylation sites (tertiary alicyclic amines) is 2. The normalized spacial score (nSPS) is 28.0. The summed E-state index contributed by atoms with van der Waals surface area (Å²) in [6.07, 6.45) is -0.251. The van der Waals surface area contributed by atoms with Gasteiger partial charge in [-0.2, -0.15) is 5.10 Å². The summed E-state index contributed by atoms with van der Waals surface area (Å²) in [4.78, 5) is 28.3. The van der Waals surface area contributed by atoms with Crippen molar-refractivity contribution in [3.63, 3.8) is 0 Å². The predicted molar refractivity (Wildman–Crippen MR) is 104 cm³/mol. The van der Waals surface area contributed by atoms with Crippen LogP contribution in [0.4, 0.5) is 14.6 Å². The van der Waals surface area contributed by atoms with Crippen LogP contribution in [0.25, 0.3) is 0 Å². The summed E-state index contributed by atoms with van der Waals surface area (Å²) >= 11 is 0. The van der Waals surface area contributed by atoms with Crippen molar-refractivity contribution in [1.82, 2.24) is 19.6 Å². The molecule has 1 aromatic heterocycles. The van der Waals surface area contributed by atoms with Crippen molar-refractivity contribution in [2.24, 2.45) is 11.8 Å². The first-order valence-corrected chi connectivity index (χ1v) is 10.5. The number of halogens is 2. The van der Waals surface area contributed by atoms with E-state index in [-0.39, 0.29) is 29.7 Å². The highest BCUT2D eigenvalue weighted by Crippen LogP contribution is 2.37. The number of alkyl halides is 2. The molecule has 1 aromatic rings. The first-order valence-electron chi connectivity index (χ1n) is 10.5. The molecule has 3 atom stereocenters. The minimum Gasteiger partial charge on any atom is -0.367 e. The van der Waals surface area contributed by atoms with E-state index < -0.39 is 12.5 Å². The van der Waals surface area contributed by atoms with Gasteiger partial charge in [-0.1, -0.05) is 0 Å². The summed E-state index contributed by atoms with van der Waals surface area (Å²) < 4.78 is 28.6. The lowest BCUT2D eigenvalue weighted by molar-refractivity contribution is -0.137. The van der Waals surface area contributed by atoms with Crippen molar-refractivity contribution < 1.29 is 18.4 Å². The molecule has 1 N–H and O–H groups in total. The lowest BCUT2D eigenvalue weighted by atomic mass is 9.84. The second-order valence-electron chi connectivity index (χ2n) is 8.50. The van der Waals surface area contributed by atoms with E-state index in [0.717, 1.165) is 18.5 Å². The molecule has 0 aromatic carbocycles. The molecular weight excluding hydrogens is 380 g/mol. The lowest BCUT2D eigenvalue weighted by Gasteiger charge is -2.41. The Balaban J connectivity index is 1.36. The van der Waals surface area contributed by atoms with Crippen LogP contribution in [0.1, 0.15) is 44.3 Å². The van der Waals surface area contributed by atoms with Crippen LogP contribution in [0.15, 0.2) is 6.07 Å². The van der Waals surface area contributed by atoms with Crippen LogP contribution < -0.4 is 5.32 Å². The molecule has 0 bridgehead atoms. The van der Waals surface area contributed by atoms with Crippen molar-refractivity contribution in [1.29, 1.82) is 0 Å². The van der Waals surface area contributed by atoms with E-state index >= 15 is 0 Å². The van der Waals surface area contributed by atoms with Gasteiger partial charge in [-0.05, 0) is 39.0 Å². The second-order valence-corrected chi connectivity index (χ2v) is 8.50. The molecule has 29 heavy (non-hydrogen) atoms. The number of hydrogen-bond donors (Lipinski definition) is 1. The van der Waals surface area contributed by atoms with Crippen LogP contribution in [0.3, 0.4) is 0 Å². The molecule has 9 heteroatoms. The molecule has 4 heterocycles. The van der Waals surface area contributed by atoms with Gasteiger partial charge >= 0.3 is 0 Å². The van der Waals surface area contributed by atoms with Crippen LogP contribution in [0.2, 0.25) is 0 Å². The number of anilines is 1. The number of nitrogens with zero attached hydrogens (tertiary/aromatic N) is 4. The Morgan fingerprint density at radius 2 is 2.07 bits per heavy atom. The first kappa shape index (κ1) is 20.1. The fourth-order valence-corrected chi connectivity index (χ4v) is 5.03. The Hall–Kier alpha value is -2.19. The first-order chi connectivity index (χ1) is 13.9. The van der Waals surface area contributed by atoms with E-state index in [0.29, 0.717) is 44.8 Å². The summed E-state index contributed by atoms with van der Waals surface area (Å²) in [5, 5.41) is 7.62. The van der Waals surface area contributed by atoms with Gasteiger partial charge in [0.1, 0.15) is 11.9 Å². The fraction of sp³-hybridized carbons (Fsp3) is 0.750. The third kappa shape index (κ3) is 3.83. The van der Waals surface area contributed by atoms with E-state index in [4.69, 9.17) is 0 Å². The van der Waals surface area contributed by atoms with E-state index in [1.807, 2.05) is 24.8 Å². The molecule has 3 aliphatic rings. The van der Waals surface area contributed by atoms with Gasteiger partial charge in [-0.25, -0.2) is 13.5 Å². The largest absolute Gasteiger partial charge is 0.367 e. The average Bonchev–Trinajstić information content (AvgIpc) is 3.27. The zero-order chi connectivity index (χ0) is 20.7. The summed E-state index contributed by atoms with van der Waals surface area (Å²) in [7, 11) is 0. The summed E-state index contributed by atoms with van der Waals surface area (Å²) in [5.41, 5.74) is 0.728. The maximum Gasteiger partial charge on any atom is 0.260 e. The Labute approximate surface area is 169 Å². The predicted octanol–water partition coefficient (Wildman–Crippen LogP) is 2.29. The van der Waals surface area contributed by atoms with Gasteiger partial charge in [0.05, 0.1) is 11.6 Å². The molecule has 160 valence electrons. The van der Waals surface area contributed by atoms with Crippen molar-refractivity contribution in [2.45, 2.75) is 58.0 Å². The SMILES string of the molecule is CCN1CC(C(=O)N2CCC([C@@H]3C[C@H](C(F)F)n4nc(C)cc4N3)CC2)CC1=O. The molecule has 2 fully saturated rings. The lowest BCUT2D eigenvalue weighted by Crippen LogP contribution is -2.47. The average molecular weight is 409 g/mol. The summed E-state index contributed by atoms with van der Waals surface area (Å²) in [6, 6.07) is 0.865. The molecular formula is C20H29F2N5O2. The molecule has 0 radical (unpaired) electrons. The third-order valence-electron chi connectivity index (χ3n) is 6.66. The number of nitrogens with one attached hydrogen (secondary N) is 1. The maximum atomic E-state index is 13.6. The molecule has 2 saturated heterocycles. The number of carbonyl (C=O) groups excluding carboxylic acids is 2. The highest BCUT2D eigenvalue weighted by atomic mass is 19.3. The number of amides is 2. The van der Waals surface area contributed by atoms with Crippen molar-refractivity contribution in [3.05, 3.63) is 11.8 Å². The number of piperidine rings is 1. The molecule has 1 unspecified atom stereocenters. The van der Waals surface area contributed by atoms with Crippen LogP contribution in [0, 0.1) is 18.8 Å². The third-order valence-corrected chi connectivity index (χ3v) is 6.66. The van der Waals surface area contributed by atoms with Crippen molar-refractivity contribution >= 4 is 17.6 Å². The monoisotopic (exact) mass is 409 g/mol. The standard InChI is InChI=1S/C20H29F2N5O2/c1-3-25-11-14(9-18(25)28)20(29)26-6-4-13(5-7-26)15-10-16(19(21)22)27-17(23-15)8-12(2)24-27/h8,13-16,19,23H,3-7,9-11H2,1-2H3/t14?,15-,16+/m0/s1. The maximum absolute atomic E-state index is 13.6. The zero-order valence-electron chi connectivity index (χ0n) is 17.0. The molecule has 4 rings (SSSR count). The summed E-state index contributed by atoms with van der Waals surface area (Å²) in [5.74, 6) is 0.765. The van der Waals surface area contributed by atoms with E-state index in [9.17, 15) is 18.4 Å². The van der Waals surface area contributed by atoms with Gasteiger partial charge in [-0.15, -0.1) is 0 Å². The molecule has 0 aliphatic carbocycles. The van der Waals surface area contributed by atoms with Gasteiger partial charge in [0.2, 0.25) is 11.8 Å². The van der Waals surface area contributed by atoms with Crippen LogP contribution in [-0.4, -0.2) is 70.0 Å². The number of carbonyl (C=O) groups is 2. The topological polar surface area (TPSA) is 70.5 Å². The van der Waals surface area contributed by atoms with Crippen molar-refractivity contribution in [3.8, 4) is 0 Å². The van der Waals surface area contributed by atoms with Gasteiger partial charge in [0.15, 0.2) is 0 Å². The smallest absolute Gasteiger partial charge is 0.260 e. The molecule has 0 saturated carbocycles. The molecule has 0 spiro atoms. The van der Waals surface area contributed by atoms with Crippen LogP contribution >= 0.6 is 0 Å². The van der Waals surface area contributed by atoms with E-state index in [1.165, 1.54) is 4.68 Å². The van der Waals surface area contributed by atoms with Gasteiger partial charge in [0.25, 0.3) is 6.43 Å². The highest BCUT2D eigenvalue weighted by molar-refractivity contribution is 5.89. The number of hydrogen-bond acceptors (Lipinski definition) is 4. The van der Waals surface area contributed by atoms with Gasteiger partial charge < -0.3 is 15.1 Å². The fourth-order valence-electron chi connectivity index (χ4n) is 5.03. The van der Waals surface area contributed by atoms with Crippen molar-refractivity contribution in [2.75, 3.05) is 31.5 Å². The Kier molecular flexibility index (Phi) is 5.48. The van der Waals surface area contributed by atoms with E-state index in [1.54, 1.807) is 4.90 Å². The molecule has 2 amide bonds. The Bertz CT molecular complexity index is 775. The number of fused-ring (bicyclic) bond motifs is 1. The van der Waals surface area contributed by atoms with E-state index in [2.05, 4.69) is 10.4 Å². The number of aromatic nitrogens is 2. The highest BCUT2D eigenvalue weighted by Gasteiger charge is 2.40.